The zero-order chi connectivity index (χ0) is 26.1. The number of fused-ring (bicyclic) bond motifs is 1. The van der Waals surface area contributed by atoms with E-state index in [1.54, 1.807) is 37.9 Å². The minimum Gasteiger partial charge on any atom is -0.496 e. The molecule has 9 heteroatoms. The molecule has 188 valence electrons. The van der Waals surface area contributed by atoms with E-state index in [-0.39, 0.29) is 5.56 Å². The number of nitrogens with zero attached hydrogens (tertiary/aromatic N) is 2. The number of carbonyl (C=O) groups excluding carboxylic acids is 1. The van der Waals surface area contributed by atoms with Crippen molar-refractivity contribution in [2.75, 3.05) is 21.3 Å². The number of hydrogen-bond donors (Lipinski definition) is 0. The molecule has 0 saturated heterocycles. The number of thiazole rings is 1. The van der Waals surface area contributed by atoms with Gasteiger partial charge in [0.1, 0.15) is 11.5 Å². The number of allylic oxidation sites excluding steroid dienone is 1. The maximum absolute atomic E-state index is 13.8. The highest BCUT2D eigenvalue weighted by Crippen LogP contribution is 2.34. The lowest BCUT2D eigenvalue weighted by Crippen LogP contribution is -2.39. The first-order valence-electron chi connectivity index (χ1n) is 11.3. The van der Waals surface area contributed by atoms with Gasteiger partial charge in [-0.2, -0.15) is 0 Å². The largest absolute Gasteiger partial charge is 0.496 e. The highest BCUT2D eigenvalue weighted by molar-refractivity contribution is 9.10. The fourth-order valence-corrected chi connectivity index (χ4v) is 5.77. The summed E-state index contributed by atoms with van der Waals surface area (Å²) in [5.74, 6) is 1.03. The van der Waals surface area contributed by atoms with Crippen molar-refractivity contribution in [3.05, 3.63) is 88.5 Å². The number of rotatable bonds is 6. The van der Waals surface area contributed by atoms with Crippen molar-refractivity contribution < 1.29 is 19.0 Å². The summed E-state index contributed by atoms with van der Waals surface area (Å²) in [5, 5.41) is 0. The number of esters is 1. The van der Waals surface area contributed by atoms with Crippen molar-refractivity contribution >= 4 is 39.3 Å². The zero-order valence-corrected chi connectivity index (χ0v) is 23.3. The second-order valence-corrected chi connectivity index (χ2v) is 10.5. The van der Waals surface area contributed by atoms with E-state index >= 15 is 0 Å². The van der Waals surface area contributed by atoms with E-state index in [1.165, 1.54) is 24.0 Å². The molecule has 1 atom stereocenters. The zero-order valence-electron chi connectivity index (χ0n) is 20.9. The summed E-state index contributed by atoms with van der Waals surface area (Å²) in [6, 6.07) is 10.9. The third kappa shape index (κ3) is 4.65. The smallest absolute Gasteiger partial charge is 0.338 e. The van der Waals surface area contributed by atoms with Gasteiger partial charge in [-0.3, -0.25) is 9.36 Å². The number of methoxy groups -OCH3 is 3. The van der Waals surface area contributed by atoms with E-state index in [0.717, 1.165) is 10.0 Å². The summed E-state index contributed by atoms with van der Waals surface area (Å²) < 4.78 is 18.7. The summed E-state index contributed by atoms with van der Waals surface area (Å²) in [6.07, 6.45) is 1.77. The van der Waals surface area contributed by atoms with Crippen LogP contribution >= 0.6 is 27.3 Å². The monoisotopic (exact) mass is 570 g/mol. The lowest BCUT2D eigenvalue weighted by atomic mass is 9.93. The number of ether oxygens (including phenoxy) is 3. The van der Waals surface area contributed by atoms with Crippen molar-refractivity contribution in [1.82, 2.24) is 4.57 Å². The predicted octanol–water partition coefficient (Wildman–Crippen LogP) is 4.31. The fraction of sp³-hybridized carbons (Fsp3) is 0.296. The van der Waals surface area contributed by atoms with Gasteiger partial charge < -0.3 is 14.2 Å². The lowest BCUT2D eigenvalue weighted by Gasteiger charge is -2.24. The first-order valence-corrected chi connectivity index (χ1v) is 12.9. The average Bonchev–Trinajstić information content (AvgIpc) is 3.17. The van der Waals surface area contributed by atoms with Crippen molar-refractivity contribution in [2.45, 2.75) is 32.7 Å². The molecule has 4 rings (SSSR count). The van der Waals surface area contributed by atoms with Crippen molar-refractivity contribution in [3.63, 3.8) is 0 Å². The van der Waals surface area contributed by atoms with E-state index < -0.39 is 12.0 Å². The van der Waals surface area contributed by atoms with Gasteiger partial charge in [0.15, 0.2) is 4.80 Å². The molecule has 2 aromatic carbocycles. The Hall–Kier alpha value is -3.17. The molecule has 0 saturated carbocycles. The molecule has 1 aliphatic heterocycles. The topological polar surface area (TPSA) is 79.1 Å². The van der Waals surface area contributed by atoms with Gasteiger partial charge in [0.2, 0.25) is 0 Å². The van der Waals surface area contributed by atoms with Gasteiger partial charge in [-0.05, 0) is 52.0 Å². The van der Waals surface area contributed by atoms with Crippen molar-refractivity contribution in [2.24, 2.45) is 4.99 Å². The Kier molecular flexibility index (Phi) is 7.51. The first kappa shape index (κ1) is 25.9. The van der Waals surface area contributed by atoms with Crippen LogP contribution in [0.4, 0.5) is 0 Å². The molecule has 0 N–H and O–H groups in total. The summed E-state index contributed by atoms with van der Waals surface area (Å²) >= 11 is 4.76. The van der Waals surface area contributed by atoms with Gasteiger partial charge in [-0.25, -0.2) is 9.79 Å². The standard InChI is InChI=1S/C27H27BrN2O5S/c1-14(2)16-7-9-17(10-8-16)24-23(26(32)35-6)15(3)29-27-30(24)25(31)22(36-27)12-18-11-19(28)21(34-5)13-20(18)33-4/h7-14,24H,1-6H3. The highest BCUT2D eigenvalue weighted by Gasteiger charge is 2.33. The molecule has 36 heavy (non-hydrogen) atoms. The third-order valence-corrected chi connectivity index (χ3v) is 7.74. The molecule has 7 nitrogen and oxygen atoms in total. The second kappa shape index (κ2) is 10.4. The van der Waals surface area contributed by atoms with E-state index in [1.807, 2.05) is 30.3 Å². The van der Waals surface area contributed by atoms with Crippen LogP contribution in [0.15, 0.2) is 61.9 Å². The number of benzene rings is 2. The molecule has 0 bridgehead atoms. The SMILES string of the molecule is COC(=O)C1=C(C)N=c2sc(=Cc3cc(Br)c(OC)cc3OC)c(=O)n2C1c1ccc(C(C)C)cc1. The molecule has 1 unspecified atom stereocenters. The van der Waals surface area contributed by atoms with Crippen LogP contribution in [0.2, 0.25) is 0 Å². The minimum absolute atomic E-state index is 0.250. The Bertz CT molecular complexity index is 1530. The molecular formula is C27H27BrN2O5S. The van der Waals surface area contributed by atoms with Crippen LogP contribution in [-0.4, -0.2) is 31.9 Å². The maximum atomic E-state index is 13.8. The summed E-state index contributed by atoms with van der Waals surface area (Å²) in [6.45, 7) is 6.00. The number of carbonyl (C=O) groups is 1. The Morgan fingerprint density at radius 3 is 2.36 bits per heavy atom. The van der Waals surface area contributed by atoms with Crippen LogP contribution in [0.3, 0.4) is 0 Å². The minimum atomic E-state index is -0.651. The number of aromatic nitrogens is 1. The average molecular weight is 571 g/mol. The molecule has 3 aromatic rings. The van der Waals surface area contributed by atoms with Gasteiger partial charge in [-0.15, -0.1) is 0 Å². The summed E-state index contributed by atoms with van der Waals surface area (Å²) in [7, 11) is 4.47. The molecule has 0 amide bonds. The van der Waals surface area contributed by atoms with E-state index in [2.05, 4.69) is 34.8 Å². The Morgan fingerprint density at radius 1 is 1.11 bits per heavy atom. The Morgan fingerprint density at radius 2 is 1.78 bits per heavy atom. The van der Waals surface area contributed by atoms with Crippen LogP contribution in [0, 0.1) is 0 Å². The number of halogens is 1. The fourth-order valence-electron chi connectivity index (χ4n) is 4.21. The molecule has 0 aliphatic carbocycles. The molecule has 2 heterocycles. The van der Waals surface area contributed by atoms with E-state index in [0.29, 0.717) is 43.6 Å². The Labute approximate surface area is 221 Å². The molecule has 0 spiro atoms. The second-order valence-electron chi connectivity index (χ2n) is 8.62. The molecule has 0 fully saturated rings. The van der Waals surface area contributed by atoms with Crippen LogP contribution < -0.4 is 24.4 Å². The maximum Gasteiger partial charge on any atom is 0.338 e. The van der Waals surface area contributed by atoms with Gasteiger partial charge in [0.05, 0.1) is 47.6 Å². The van der Waals surface area contributed by atoms with Crippen LogP contribution in [-0.2, 0) is 9.53 Å². The summed E-state index contributed by atoms with van der Waals surface area (Å²) in [4.78, 5) is 31.7. The van der Waals surface area contributed by atoms with Gasteiger partial charge in [-0.1, -0.05) is 49.4 Å². The highest BCUT2D eigenvalue weighted by atomic mass is 79.9. The molecule has 1 aromatic heterocycles. The van der Waals surface area contributed by atoms with Gasteiger partial charge in [0.25, 0.3) is 5.56 Å². The van der Waals surface area contributed by atoms with Gasteiger partial charge in [0, 0.05) is 11.6 Å². The van der Waals surface area contributed by atoms with E-state index in [4.69, 9.17) is 14.2 Å². The van der Waals surface area contributed by atoms with Crippen LogP contribution in [0.1, 0.15) is 49.4 Å². The number of hydrogen-bond acceptors (Lipinski definition) is 7. The first-order chi connectivity index (χ1) is 17.2. The Balaban J connectivity index is 1.95. The van der Waals surface area contributed by atoms with Crippen molar-refractivity contribution in [1.29, 1.82) is 0 Å². The van der Waals surface area contributed by atoms with Gasteiger partial charge >= 0.3 is 5.97 Å². The van der Waals surface area contributed by atoms with E-state index in [9.17, 15) is 9.59 Å². The predicted molar refractivity (Wildman–Crippen MR) is 144 cm³/mol. The quantitative estimate of drug-likeness (QED) is 0.412. The summed E-state index contributed by atoms with van der Waals surface area (Å²) in [5.41, 5.74) is 3.31. The normalized spacial score (nSPS) is 15.6. The van der Waals surface area contributed by atoms with Crippen LogP contribution in [0.25, 0.3) is 6.08 Å². The van der Waals surface area contributed by atoms with Crippen molar-refractivity contribution in [3.8, 4) is 11.5 Å². The van der Waals surface area contributed by atoms with Crippen LogP contribution in [0.5, 0.6) is 11.5 Å². The lowest BCUT2D eigenvalue weighted by molar-refractivity contribution is -0.136. The third-order valence-electron chi connectivity index (χ3n) is 6.14. The molecule has 1 aliphatic rings. The molecule has 0 radical (unpaired) electrons. The molecular weight excluding hydrogens is 544 g/mol.